The average molecular weight is 366 g/mol. The summed E-state index contributed by atoms with van der Waals surface area (Å²) in [5, 5.41) is 6.12. The zero-order valence-electron chi connectivity index (χ0n) is 14.4. The van der Waals surface area contributed by atoms with E-state index in [1.807, 2.05) is 4.90 Å². The highest BCUT2D eigenvalue weighted by atomic mass is 35.5. The Morgan fingerprint density at radius 2 is 1.80 bits per heavy atom. The standard InChI is InChI=1S/C18H24ClN3O3/c1-13(23)21-16(14-4-6-15(19)7-5-14)12-17(24)20-9-8-18(25)22-10-2-3-11-22/h4-7,16H,2-3,8-12H2,1H3,(H,20,24)(H,21,23). The molecular weight excluding hydrogens is 342 g/mol. The van der Waals surface area contributed by atoms with Gasteiger partial charge in [0.15, 0.2) is 0 Å². The first-order valence-electron chi connectivity index (χ1n) is 8.53. The molecule has 3 amide bonds. The Hall–Kier alpha value is -2.08. The fourth-order valence-electron chi connectivity index (χ4n) is 2.88. The summed E-state index contributed by atoms with van der Waals surface area (Å²) in [5.74, 6) is -0.339. The number of hydrogen-bond donors (Lipinski definition) is 2. The number of rotatable bonds is 7. The smallest absolute Gasteiger partial charge is 0.224 e. The molecule has 25 heavy (non-hydrogen) atoms. The third kappa shape index (κ3) is 6.38. The van der Waals surface area contributed by atoms with Crippen LogP contribution < -0.4 is 10.6 Å². The van der Waals surface area contributed by atoms with Crippen molar-refractivity contribution in [2.24, 2.45) is 0 Å². The van der Waals surface area contributed by atoms with Crippen LogP contribution >= 0.6 is 11.6 Å². The predicted molar refractivity (Wildman–Crippen MR) is 96.1 cm³/mol. The molecule has 0 saturated carbocycles. The molecular formula is C18H24ClN3O3. The molecule has 1 fully saturated rings. The second kappa shape index (κ2) is 9.42. The Morgan fingerprint density at radius 3 is 2.40 bits per heavy atom. The van der Waals surface area contributed by atoms with Crippen LogP contribution in [0.4, 0.5) is 0 Å². The van der Waals surface area contributed by atoms with Gasteiger partial charge in [0.05, 0.1) is 12.5 Å². The van der Waals surface area contributed by atoms with E-state index in [0.29, 0.717) is 18.0 Å². The van der Waals surface area contributed by atoms with Crippen molar-refractivity contribution in [3.63, 3.8) is 0 Å². The van der Waals surface area contributed by atoms with Gasteiger partial charge in [-0.3, -0.25) is 14.4 Å². The largest absolute Gasteiger partial charge is 0.356 e. The lowest BCUT2D eigenvalue weighted by Crippen LogP contribution is -2.35. The van der Waals surface area contributed by atoms with E-state index in [4.69, 9.17) is 11.6 Å². The Labute approximate surface area is 152 Å². The molecule has 0 aliphatic carbocycles. The molecule has 2 rings (SSSR count). The Morgan fingerprint density at radius 1 is 1.16 bits per heavy atom. The van der Waals surface area contributed by atoms with Gasteiger partial charge < -0.3 is 15.5 Å². The van der Waals surface area contributed by atoms with Gasteiger partial charge in [-0.1, -0.05) is 23.7 Å². The Kier molecular flexibility index (Phi) is 7.25. The van der Waals surface area contributed by atoms with Crippen molar-refractivity contribution in [1.29, 1.82) is 0 Å². The maximum atomic E-state index is 12.2. The first-order chi connectivity index (χ1) is 12.0. The van der Waals surface area contributed by atoms with Crippen molar-refractivity contribution in [3.8, 4) is 0 Å². The van der Waals surface area contributed by atoms with E-state index < -0.39 is 6.04 Å². The Bertz CT molecular complexity index is 612. The van der Waals surface area contributed by atoms with Crippen molar-refractivity contribution < 1.29 is 14.4 Å². The van der Waals surface area contributed by atoms with Crippen molar-refractivity contribution in [3.05, 3.63) is 34.9 Å². The van der Waals surface area contributed by atoms with Crippen LogP contribution in [0.1, 0.15) is 44.2 Å². The van der Waals surface area contributed by atoms with E-state index in [2.05, 4.69) is 10.6 Å². The second-order valence-corrected chi connectivity index (χ2v) is 6.63. The highest BCUT2D eigenvalue weighted by Gasteiger charge is 2.19. The minimum atomic E-state index is -0.427. The molecule has 1 aliphatic rings. The number of halogens is 1. The Balaban J connectivity index is 1.83. The van der Waals surface area contributed by atoms with E-state index in [1.54, 1.807) is 24.3 Å². The summed E-state index contributed by atoms with van der Waals surface area (Å²) in [4.78, 5) is 37.4. The second-order valence-electron chi connectivity index (χ2n) is 6.20. The topological polar surface area (TPSA) is 78.5 Å². The number of benzene rings is 1. The molecule has 7 heteroatoms. The summed E-state index contributed by atoms with van der Waals surface area (Å²) in [7, 11) is 0. The minimum Gasteiger partial charge on any atom is -0.356 e. The average Bonchev–Trinajstić information content (AvgIpc) is 3.09. The first-order valence-corrected chi connectivity index (χ1v) is 8.90. The van der Waals surface area contributed by atoms with Crippen LogP contribution in [0.3, 0.4) is 0 Å². The molecule has 136 valence electrons. The summed E-state index contributed by atoms with van der Waals surface area (Å²) >= 11 is 5.88. The maximum Gasteiger partial charge on any atom is 0.224 e. The lowest BCUT2D eigenvalue weighted by molar-refractivity contribution is -0.130. The number of likely N-dealkylation sites (tertiary alicyclic amines) is 1. The summed E-state index contributed by atoms with van der Waals surface area (Å²) in [6.07, 6.45) is 2.52. The summed E-state index contributed by atoms with van der Waals surface area (Å²) in [6.45, 7) is 3.35. The van der Waals surface area contributed by atoms with E-state index in [1.165, 1.54) is 6.92 Å². The molecule has 6 nitrogen and oxygen atoms in total. The SMILES string of the molecule is CC(=O)NC(CC(=O)NCCC(=O)N1CCCC1)c1ccc(Cl)cc1. The van der Waals surface area contributed by atoms with E-state index in [9.17, 15) is 14.4 Å². The van der Waals surface area contributed by atoms with Crippen LogP contribution in [0.2, 0.25) is 5.02 Å². The zero-order valence-corrected chi connectivity index (χ0v) is 15.1. The van der Waals surface area contributed by atoms with E-state index in [-0.39, 0.29) is 24.1 Å². The van der Waals surface area contributed by atoms with Crippen molar-refractivity contribution in [2.75, 3.05) is 19.6 Å². The molecule has 1 aromatic rings. The van der Waals surface area contributed by atoms with Crippen LogP contribution in [0.25, 0.3) is 0 Å². The van der Waals surface area contributed by atoms with E-state index >= 15 is 0 Å². The van der Waals surface area contributed by atoms with Gasteiger partial charge in [0.25, 0.3) is 0 Å². The molecule has 0 spiro atoms. The number of nitrogens with one attached hydrogen (secondary N) is 2. The monoisotopic (exact) mass is 365 g/mol. The van der Waals surface area contributed by atoms with Crippen molar-refractivity contribution >= 4 is 29.3 Å². The summed E-state index contributed by atoms with van der Waals surface area (Å²) in [6, 6.07) is 6.58. The van der Waals surface area contributed by atoms with Crippen LogP contribution in [-0.2, 0) is 14.4 Å². The van der Waals surface area contributed by atoms with Gasteiger partial charge in [-0.15, -0.1) is 0 Å². The van der Waals surface area contributed by atoms with Crippen LogP contribution in [0.5, 0.6) is 0 Å². The number of carbonyl (C=O) groups is 3. The fourth-order valence-corrected chi connectivity index (χ4v) is 3.01. The van der Waals surface area contributed by atoms with Gasteiger partial charge in [0.2, 0.25) is 17.7 Å². The van der Waals surface area contributed by atoms with E-state index in [0.717, 1.165) is 31.5 Å². The molecule has 1 unspecified atom stereocenters. The molecule has 1 aromatic carbocycles. The van der Waals surface area contributed by atoms with Crippen molar-refractivity contribution in [1.82, 2.24) is 15.5 Å². The van der Waals surface area contributed by atoms with Gasteiger partial charge in [-0.05, 0) is 30.5 Å². The highest BCUT2D eigenvalue weighted by Crippen LogP contribution is 2.19. The third-order valence-corrected chi connectivity index (χ3v) is 4.41. The summed E-state index contributed by atoms with van der Waals surface area (Å²) < 4.78 is 0. The maximum absolute atomic E-state index is 12.2. The molecule has 1 saturated heterocycles. The fraction of sp³-hybridized carbons (Fsp3) is 0.500. The molecule has 2 N–H and O–H groups in total. The zero-order chi connectivity index (χ0) is 18.2. The molecule has 0 bridgehead atoms. The van der Waals surface area contributed by atoms with Crippen LogP contribution in [0.15, 0.2) is 24.3 Å². The van der Waals surface area contributed by atoms with Gasteiger partial charge in [0.1, 0.15) is 0 Å². The molecule has 0 radical (unpaired) electrons. The van der Waals surface area contributed by atoms with Gasteiger partial charge >= 0.3 is 0 Å². The minimum absolute atomic E-state index is 0.0777. The number of amides is 3. The summed E-state index contributed by atoms with van der Waals surface area (Å²) in [5.41, 5.74) is 0.808. The van der Waals surface area contributed by atoms with Crippen molar-refractivity contribution in [2.45, 2.75) is 38.6 Å². The molecule has 1 heterocycles. The van der Waals surface area contributed by atoms with Crippen LogP contribution in [-0.4, -0.2) is 42.3 Å². The predicted octanol–water partition coefficient (Wildman–Crippen LogP) is 2.04. The van der Waals surface area contributed by atoms with Gasteiger partial charge in [-0.25, -0.2) is 0 Å². The third-order valence-electron chi connectivity index (χ3n) is 4.16. The molecule has 1 aliphatic heterocycles. The van der Waals surface area contributed by atoms with Gasteiger partial charge in [-0.2, -0.15) is 0 Å². The number of carbonyl (C=O) groups excluding carboxylic acids is 3. The molecule has 1 atom stereocenters. The number of hydrogen-bond acceptors (Lipinski definition) is 3. The lowest BCUT2D eigenvalue weighted by atomic mass is 10.0. The first kappa shape index (κ1) is 19.2. The van der Waals surface area contributed by atoms with Gasteiger partial charge in [0, 0.05) is 38.0 Å². The molecule has 0 aromatic heterocycles. The van der Waals surface area contributed by atoms with Crippen LogP contribution in [0, 0.1) is 0 Å². The normalized spacial score (nSPS) is 14.9. The number of nitrogens with zero attached hydrogens (tertiary/aromatic N) is 1. The lowest BCUT2D eigenvalue weighted by Gasteiger charge is -2.19. The quantitative estimate of drug-likeness (QED) is 0.776. The highest BCUT2D eigenvalue weighted by molar-refractivity contribution is 6.30.